The Bertz CT molecular complexity index is 772. The van der Waals surface area contributed by atoms with Crippen molar-refractivity contribution in [3.8, 4) is 11.5 Å². The van der Waals surface area contributed by atoms with Gasteiger partial charge in [0.15, 0.2) is 11.5 Å². The molecule has 0 atom stereocenters. The molecule has 124 valence electrons. The van der Waals surface area contributed by atoms with Gasteiger partial charge in [0.05, 0.1) is 12.0 Å². The highest BCUT2D eigenvalue weighted by Gasteiger charge is 2.14. The number of amides is 1. The number of fused-ring (bicyclic) bond motifs is 1. The Kier molecular flexibility index (Phi) is 4.65. The van der Waals surface area contributed by atoms with Gasteiger partial charge in [0, 0.05) is 6.54 Å². The summed E-state index contributed by atoms with van der Waals surface area (Å²) >= 11 is 0. The van der Waals surface area contributed by atoms with Crippen LogP contribution in [0.15, 0.2) is 42.5 Å². The number of ether oxygens (including phenoxy) is 2. The number of hydrogen-bond donors (Lipinski definition) is 2. The lowest BCUT2D eigenvalue weighted by Crippen LogP contribution is -2.27. The standard InChI is InChI=1S/C18H17NO5/c20-17(10-13-3-1-2-4-14(13)18(21)22)19-8-7-12-5-6-15-16(9-12)24-11-23-15/h1-6,9H,7-8,10-11H2,(H,19,20)(H,21,22). The van der Waals surface area contributed by atoms with E-state index in [1.807, 2.05) is 18.2 Å². The van der Waals surface area contributed by atoms with Crippen molar-refractivity contribution in [3.63, 3.8) is 0 Å². The predicted molar refractivity (Wildman–Crippen MR) is 86.4 cm³/mol. The molecule has 0 radical (unpaired) electrons. The van der Waals surface area contributed by atoms with Gasteiger partial charge in [0.2, 0.25) is 12.7 Å². The Labute approximate surface area is 139 Å². The van der Waals surface area contributed by atoms with Gasteiger partial charge < -0.3 is 19.9 Å². The molecule has 3 rings (SSSR count). The van der Waals surface area contributed by atoms with Crippen LogP contribution in [-0.4, -0.2) is 30.3 Å². The zero-order valence-corrected chi connectivity index (χ0v) is 13.0. The summed E-state index contributed by atoms with van der Waals surface area (Å²) in [5, 5.41) is 11.9. The number of hydrogen-bond acceptors (Lipinski definition) is 4. The van der Waals surface area contributed by atoms with E-state index in [0.29, 0.717) is 24.3 Å². The van der Waals surface area contributed by atoms with Gasteiger partial charge >= 0.3 is 5.97 Å². The average Bonchev–Trinajstić information content (AvgIpc) is 3.03. The van der Waals surface area contributed by atoms with E-state index in [1.54, 1.807) is 18.2 Å². The molecule has 0 saturated carbocycles. The highest BCUT2D eigenvalue weighted by Crippen LogP contribution is 2.32. The topological polar surface area (TPSA) is 84.9 Å². The molecule has 24 heavy (non-hydrogen) atoms. The fraction of sp³-hybridized carbons (Fsp3) is 0.222. The number of benzene rings is 2. The Morgan fingerprint density at radius 3 is 2.71 bits per heavy atom. The molecule has 0 aliphatic carbocycles. The van der Waals surface area contributed by atoms with Crippen molar-refractivity contribution in [3.05, 3.63) is 59.2 Å². The molecule has 6 heteroatoms. The van der Waals surface area contributed by atoms with Crippen LogP contribution in [0, 0.1) is 0 Å². The number of carboxylic acids is 1. The largest absolute Gasteiger partial charge is 0.478 e. The molecule has 2 aromatic rings. The van der Waals surface area contributed by atoms with Gasteiger partial charge in [0.1, 0.15) is 0 Å². The monoisotopic (exact) mass is 327 g/mol. The minimum atomic E-state index is -1.03. The molecule has 2 N–H and O–H groups in total. The van der Waals surface area contributed by atoms with Crippen LogP contribution in [0.3, 0.4) is 0 Å². The number of aromatic carboxylic acids is 1. The molecule has 1 heterocycles. The molecular formula is C18H17NO5. The maximum atomic E-state index is 12.0. The van der Waals surface area contributed by atoms with E-state index in [0.717, 1.165) is 11.3 Å². The first-order valence-electron chi connectivity index (χ1n) is 7.60. The van der Waals surface area contributed by atoms with E-state index >= 15 is 0 Å². The van der Waals surface area contributed by atoms with E-state index in [4.69, 9.17) is 14.6 Å². The summed E-state index contributed by atoms with van der Waals surface area (Å²) in [6, 6.07) is 12.2. The first kappa shape index (κ1) is 15.9. The Morgan fingerprint density at radius 1 is 1.08 bits per heavy atom. The van der Waals surface area contributed by atoms with Crippen LogP contribution in [0.2, 0.25) is 0 Å². The van der Waals surface area contributed by atoms with Crippen LogP contribution < -0.4 is 14.8 Å². The second-order valence-corrected chi connectivity index (χ2v) is 5.43. The van der Waals surface area contributed by atoms with Crippen molar-refractivity contribution in [2.45, 2.75) is 12.8 Å². The van der Waals surface area contributed by atoms with Gasteiger partial charge in [-0.3, -0.25) is 4.79 Å². The maximum Gasteiger partial charge on any atom is 0.335 e. The smallest absolute Gasteiger partial charge is 0.335 e. The molecule has 0 bridgehead atoms. The fourth-order valence-electron chi connectivity index (χ4n) is 2.56. The highest BCUT2D eigenvalue weighted by molar-refractivity contribution is 5.91. The SMILES string of the molecule is O=C(Cc1ccccc1C(=O)O)NCCc1ccc2c(c1)OCO2. The molecule has 0 spiro atoms. The van der Waals surface area contributed by atoms with E-state index in [-0.39, 0.29) is 24.7 Å². The summed E-state index contributed by atoms with van der Waals surface area (Å²) in [5.74, 6) is 0.213. The van der Waals surface area contributed by atoms with Gasteiger partial charge in [-0.2, -0.15) is 0 Å². The van der Waals surface area contributed by atoms with Crippen molar-refractivity contribution in [1.82, 2.24) is 5.32 Å². The Morgan fingerprint density at radius 2 is 1.88 bits per heavy atom. The zero-order valence-electron chi connectivity index (χ0n) is 13.0. The van der Waals surface area contributed by atoms with Gasteiger partial charge in [-0.25, -0.2) is 4.79 Å². The quantitative estimate of drug-likeness (QED) is 0.848. The molecule has 6 nitrogen and oxygen atoms in total. The lowest BCUT2D eigenvalue weighted by atomic mass is 10.0. The number of rotatable bonds is 6. The highest BCUT2D eigenvalue weighted by atomic mass is 16.7. The molecule has 1 aliphatic rings. The number of carbonyl (C=O) groups excluding carboxylic acids is 1. The molecule has 2 aromatic carbocycles. The first-order valence-corrected chi connectivity index (χ1v) is 7.60. The molecule has 0 saturated heterocycles. The second kappa shape index (κ2) is 7.04. The molecule has 0 aromatic heterocycles. The van der Waals surface area contributed by atoms with Gasteiger partial charge in [0.25, 0.3) is 0 Å². The van der Waals surface area contributed by atoms with E-state index < -0.39 is 5.97 Å². The Hall–Kier alpha value is -3.02. The molecule has 1 aliphatic heterocycles. The van der Waals surface area contributed by atoms with E-state index in [2.05, 4.69) is 5.32 Å². The number of carboxylic acid groups (broad SMARTS) is 1. The van der Waals surface area contributed by atoms with Crippen molar-refractivity contribution >= 4 is 11.9 Å². The van der Waals surface area contributed by atoms with Crippen LogP contribution in [0.1, 0.15) is 21.5 Å². The van der Waals surface area contributed by atoms with Crippen molar-refractivity contribution in [1.29, 1.82) is 0 Å². The minimum Gasteiger partial charge on any atom is -0.478 e. The molecule has 0 fully saturated rings. The normalized spacial score (nSPS) is 12.0. The second-order valence-electron chi connectivity index (χ2n) is 5.43. The first-order chi connectivity index (χ1) is 11.6. The fourth-order valence-corrected chi connectivity index (χ4v) is 2.56. The van der Waals surface area contributed by atoms with Crippen LogP contribution >= 0.6 is 0 Å². The number of carbonyl (C=O) groups is 2. The van der Waals surface area contributed by atoms with Gasteiger partial charge in [-0.05, 0) is 35.7 Å². The third kappa shape index (κ3) is 3.65. The summed E-state index contributed by atoms with van der Waals surface area (Å²) in [6.45, 7) is 0.701. The van der Waals surface area contributed by atoms with Gasteiger partial charge in [-0.1, -0.05) is 24.3 Å². The molecule has 1 amide bonds. The van der Waals surface area contributed by atoms with Crippen molar-refractivity contribution in [2.24, 2.45) is 0 Å². The lowest BCUT2D eigenvalue weighted by Gasteiger charge is -2.08. The van der Waals surface area contributed by atoms with Crippen molar-refractivity contribution in [2.75, 3.05) is 13.3 Å². The van der Waals surface area contributed by atoms with Crippen LogP contribution in [0.5, 0.6) is 11.5 Å². The third-order valence-electron chi connectivity index (χ3n) is 3.77. The van der Waals surface area contributed by atoms with Crippen molar-refractivity contribution < 1.29 is 24.2 Å². The summed E-state index contributed by atoms with van der Waals surface area (Å²) in [4.78, 5) is 23.2. The molecular weight excluding hydrogens is 310 g/mol. The Balaban J connectivity index is 1.52. The van der Waals surface area contributed by atoms with Crippen LogP contribution in [0.25, 0.3) is 0 Å². The molecule has 0 unspecified atom stereocenters. The summed E-state index contributed by atoms with van der Waals surface area (Å²) in [6.07, 6.45) is 0.701. The zero-order chi connectivity index (χ0) is 16.9. The third-order valence-corrected chi connectivity index (χ3v) is 3.77. The number of nitrogens with one attached hydrogen (secondary N) is 1. The summed E-state index contributed by atoms with van der Waals surface area (Å²) < 4.78 is 10.6. The van der Waals surface area contributed by atoms with E-state index in [9.17, 15) is 9.59 Å². The lowest BCUT2D eigenvalue weighted by molar-refractivity contribution is -0.120. The summed E-state index contributed by atoms with van der Waals surface area (Å²) in [5.41, 5.74) is 1.69. The summed E-state index contributed by atoms with van der Waals surface area (Å²) in [7, 11) is 0. The van der Waals surface area contributed by atoms with E-state index in [1.165, 1.54) is 6.07 Å². The van der Waals surface area contributed by atoms with Crippen LogP contribution in [-0.2, 0) is 17.6 Å². The maximum absolute atomic E-state index is 12.0. The van der Waals surface area contributed by atoms with Crippen LogP contribution in [0.4, 0.5) is 0 Å². The average molecular weight is 327 g/mol. The minimum absolute atomic E-state index is 0.0453. The predicted octanol–water partition coefficient (Wildman–Crippen LogP) is 2.01. The van der Waals surface area contributed by atoms with Gasteiger partial charge in [-0.15, -0.1) is 0 Å².